The predicted molar refractivity (Wildman–Crippen MR) is 94.7 cm³/mol. The molecule has 2 nitrogen and oxygen atoms in total. The van der Waals surface area contributed by atoms with Crippen LogP contribution in [0.4, 0.5) is 5.69 Å². The lowest BCUT2D eigenvalue weighted by Crippen LogP contribution is -2.00. The van der Waals surface area contributed by atoms with Gasteiger partial charge in [-0.05, 0) is 12.5 Å². The summed E-state index contributed by atoms with van der Waals surface area (Å²) in [7, 11) is 0. The molecular formula is C18H31NOS. The average Bonchev–Trinajstić information content (AvgIpc) is 2.96. The Labute approximate surface area is 134 Å². The van der Waals surface area contributed by atoms with Crippen molar-refractivity contribution in [3.63, 3.8) is 0 Å². The van der Waals surface area contributed by atoms with Gasteiger partial charge in [0.2, 0.25) is 0 Å². The molecule has 0 atom stereocenters. The summed E-state index contributed by atoms with van der Waals surface area (Å²) in [5.74, 6) is 0. The van der Waals surface area contributed by atoms with Gasteiger partial charge in [-0.3, -0.25) is 4.79 Å². The monoisotopic (exact) mass is 309 g/mol. The van der Waals surface area contributed by atoms with Crippen molar-refractivity contribution in [1.29, 1.82) is 0 Å². The third-order valence-corrected chi connectivity index (χ3v) is 4.70. The molecule has 0 aromatic carbocycles. The summed E-state index contributed by atoms with van der Waals surface area (Å²) in [6, 6.07) is 1.93. The SMILES string of the molecule is CCCCCCCCCCCCCNc1csc(C=O)c1. The van der Waals surface area contributed by atoms with E-state index in [0.717, 1.165) is 23.4 Å². The zero-order valence-corrected chi connectivity index (χ0v) is 14.4. The molecular weight excluding hydrogens is 278 g/mol. The summed E-state index contributed by atoms with van der Waals surface area (Å²) in [6.45, 7) is 3.29. The summed E-state index contributed by atoms with van der Waals surface area (Å²) < 4.78 is 0. The first kappa shape index (κ1) is 18.2. The second kappa shape index (κ2) is 12.9. The Bertz CT molecular complexity index is 362. The van der Waals surface area contributed by atoms with Gasteiger partial charge in [0.25, 0.3) is 0 Å². The zero-order valence-electron chi connectivity index (χ0n) is 13.5. The van der Waals surface area contributed by atoms with Crippen molar-refractivity contribution >= 4 is 23.3 Å². The minimum absolute atomic E-state index is 0.802. The zero-order chi connectivity index (χ0) is 15.2. The third kappa shape index (κ3) is 9.67. The Hall–Kier alpha value is -0.830. The van der Waals surface area contributed by atoms with Crippen LogP contribution in [0.5, 0.6) is 0 Å². The highest BCUT2D eigenvalue weighted by molar-refractivity contribution is 7.12. The number of hydrogen-bond donors (Lipinski definition) is 1. The van der Waals surface area contributed by atoms with E-state index in [4.69, 9.17) is 0 Å². The molecule has 3 heteroatoms. The lowest BCUT2D eigenvalue weighted by Gasteiger charge is -2.04. The molecule has 0 amide bonds. The predicted octanol–water partition coefficient (Wildman–Crippen LogP) is 6.28. The molecule has 1 N–H and O–H groups in total. The van der Waals surface area contributed by atoms with Gasteiger partial charge in [0, 0.05) is 17.6 Å². The Morgan fingerprint density at radius 2 is 1.52 bits per heavy atom. The summed E-state index contributed by atoms with van der Waals surface area (Å²) in [5, 5.41) is 5.40. The van der Waals surface area contributed by atoms with Gasteiger partial charge in [0.1, 0.15) is 0 Å². The van der Waals surface area contributed by atoms with Crippen LogP contribution in [0.15, 0.2) is 11.4 Å². The summed E-state index contributed by atoms with van der Waals surface area (Å²) in [4.78, 5) is 11.4. The Morgan fingerprint density at radius 3 is 2.05 bits per heavy atom. The summed E-state index contributed by atoms with van der Waals surface area (Å²) >= 11 is 1.50. The standard InChI is InChI=1S/C18H31NOS/c1-2-3-4-5-6-7-8-9-10-11-12-13-19-17-14-18(15-20)21-16-17/h14-16,19H,2-13H2,1H3. The molecule has 0 saturated carbocycles. The largest absolute Gasteiger partial charge is 0.384 e. The van der Waals surface area contributed by atoms with Crippen LogP contribution in [-0.2, 0) is 0 Å². The normalized spacial score (nSPS) is 10.7. The van der Waals surface area contributed by atoms with E-state index in [9.17, 15) is 4.79 Å². The maximum atomic E-state index is 10.6. The van der Waals surface area contributed by atoms with Crippen LogP contribution >= 0.6 is 11.3 Å². The first-order valence-corrected chi connectivity index (χ1v) is 9.52. The van der Waals surface area contributed by atoms with Gasteiger partial charge < -0.3 is 5.32 Å². The topological polar surface area (TPSA) is 29.1 Å². The molecule has 1 rings (SSSR count). The number of unbranched alkanes of at least 4 members (excludes halogenated alkanes) is 10. The Kier molecular flexibility index (Phi) is 11.2. The van der Waals surface area contributed by atoms with Crippen molar-refractivity contribution in [1.82, 2.24) is 0 Å². The smallest absolute Gasteiger partial charge is 0.160 e. The molecule has 0 spiro atoms. The minimum atomic E-state index is 0.802. The van der Waals surface area contributed by atoms with E-state index in [1.807, 2.05) is 11.4 Å². The molecule has 0 unspecified atom stereocenters. The summed E-state index contributed by atoms with van der Waals surface area (Å²) in [6.07, 6.45) is 16.1. The maximum absolute atomic E-state index is 10.6. The van der Waals surface area contributed by atoms with Crippen molar-refractivity contribution in [2.24, 2.45) is 0 Å². The number of hydrogen-bond acceptors (Lipinski definition) is 3. The number of nitrogens with one attached hydrogen (secondary N) is 1. The van der Waals surface area contributed by atoms with Crippen molar-refractivity contribution in [3.05, 3.63) is 16.3 Å². The Balaban J connectivity index is 1.81. The van der Waals surface area contributed by atoms with Crippen molar-refractivity contribution in [2.45, 2.75) is 77.6 Å². The second-order valence-corrected chi connectivity index (χ2v) is 6.76. The van der Waals surface area contributed by atoms with Crippen LogP contribution in [0.3, 0.4) is 0 Å². The Morgan fingerprint density at radius 1 is 0.952 bits per heavy atom. The lowest BCUT2D eigenvalue weighted by molar-refractivity contribution is 0.112. The molecule has 120 valence electrons. The van der Waals surface area contributed by atoms with Gasteiger partial charge in [0.15, 0.2) is 6.29 Å². The minimum Gasteiger partial charge on any atom is -0.384 e. The number of carbonyl (C=O) groups is 1. The highest BCUT2D eigenvalue weighted by Crippen LogP contribution is 2.17. The van der Waals surface area contributed by atoms with E-state index >= 15 is 0 Å². The highest BCUT2D eigenvalue weighted by atomic mass is 32.1. The number of anilines is 1. The van der Waals surface area contributed by atoms with Gasteiger partial charge >= 0.3 is 0 Å². The van der Waals surface area contributed by atoms with E-state index in [1.165, 1.54) is 82.0 Å². The van der Waals surface area contributed by atoms with Crippen molar-refractivity contribution in [3.8, 4) is 0 Å². The fourth-order valence-corrected chi connectivity index (χ4v) is 3.19. The molecule has 0 aliphatic rings. The van der Waals surface area contributed by atoms with Crippen LogP contribution in [0.2, 0.25) is 0 Å². The van der Waals surface area contributed by atoms with Gasteiger partial charge in [-0.1, -0.05) is 71.1 Å². The lowest BCUT2D eigenvalue weighted by atomic mass is 10.1. The van der Waals surface area contributed by atoms with Crippen LogP contribution in [0.1, 0.15) is 87.2 Å². The van der Waals surface area contributed by atoms with E-state index in [0.29, 0.717) is 0 Å². The molecule has 0 fully saturated rings. The number of carbonyl (C=O) groups excluding carboxylic acids is 1. The molecule has 1 heterocycles. The van der Waals surface area contributed by atoms with E-state index in [-0.39, 0.29) is 0 Å². The van der Waals surface area contributed by atoms with E-state index < -0.39 is 0 Å². The third-order valence-electron chi connectivity index (χ3n) is 3.85. The van der Waals surface area contributed by atoms with Gasteiger partial charge in [0.05, 0.1) is 4.88 Å². The number of thiophene rings is 1. The quantitative estimate of drug-likeness (QED) is 0.323. The molecule has 0 aliphatic carbocycles. The van der Waals surface area contributed by atoms with Gasteiger partial charge in [-0.25, -0.2) is 0 Å². The maximum Gasteiger partial charge on any atom is 0.160 e. The van der Waals surface area contributed by atoms with Crippen LogP contribution < -0.4 is 5.32 Å². The van der Waals surface area contributed by atoms with Crippen LogP contribution in [0, 0.1) is 0 Å². The molecule has 0 bridgehead atoms. The molecule has 0 saturated heterocycles. The van der Waals surface area contributed by atoms with E-state index in [1.54, 1.807) is 0 Å². The molecule has 0 aliphatic heterocycles. The number of aldehydes is 1. The highest BCUT2D eigenvalue weighted by Gasteiger charge is 1.97. The summed E-state index contributed by atoms with van der Waals surface area (Å²) in [5.41, 5.74) is 1.09. The first-order chi connectivity index (χ1) is 10.4. The van der Waals surface area contributed by atoms with Gasteiger partial charge in [-0.2, -0.15) is 0 Å². The average molecular weight is 310 g/mol. The first-order valence-electron chi connectivity index (χ1n) is 8.64. The molecule has 1 aromatic rings. The van der Waals surface area contributed by atoms with Crippen LogP contribution in [-0.4, -0.2) is 12.8 Å². The second-order valence-electron chi connectivity index (χ2n) is 5.82. The fourth-order valence-electron chi connectivity index (χ4n) is 2.53. The number of rotatable bonds is 14. The fraction of sp³-hybridized carbons (Fsp3) is 0.722. The molecule has 1 aromatic heterocycles. The van der Waals surface area contributed by atoms with Crippen molar-refractivity contribution in [2.75, 3.05) is 11.9 Å². The molecule has 21 heavy (non-hydrogen) atoms. The van der Waals surface area contributed by atoms with E-state index in [2.05, 4.69) is 12.2 Å². The van der Waals surface area contributed by atoms with Gasteiger partial charge in [-0.15, -0.1) is 11.3 Å². The molecule has 0 radical (unpaired) electrons. The van der Waals surface area contributed by atoms with Crippen molar-refractivity contribution < 1.29 is 4.79 Å². The van der Waals surface area contributed by atoms with Crippen LogP contribution in [0.25, 0.3) is 0 Å².